The van der Waals surface area contributed by atoms with Crippen LogP contribution in [-0.4, -0.2) is 132 Å². The third-order valence-corrected chi connectivity index (χ3v) is 16.8. The van der Waals surface area contributed by atoms with Crippen molar-refractivity contribution in [3.8, 4) is 16.9 Å². The van der Waals surface area contributed by atoms with Gasteiger partial charge in [0, 0.05) is 109 Å². The van der Waals surface area contributed by atoms with Crippen molar-refractivity contribution in [3.63, 3.8) is 0 Å². The molecule has 0 saturated carbocycles. The maximum Gasteiger partial charge on any atom is 0.363 e. The van der Waals surface area contributed by atoms with Gasteiger partial charge in [-0.3, -0.25) is 43.5 Å². The third kappa shape index (κ3) is 9.81. The number of rotatable bonds is 15. The minimum absolute atomic E-state index is 0.0101. The van der Waals surface area contributed by atoms with Gasteiger partial charge in [0.05, 0.1) is 51.3 Å². The van der Waals surface area contributed by atoms with E-state index in [9.17, 15) is 23.7 Å². The van der Waals surface area contributed by atoms with Crippen LogP contribution in [0.15, 0.2) is 59.5 Å². The van der Waals surface area contributed by atoms with E-state index >= 15 is 8.78 Å². The van der Waals surface area contributed by atoms with E-state index in [1.54, 1.807) is 35.2 Å². The molecule has 4 amide bonds. The average Bonchev–Trinajstić information content (AvgIpc) is 3.91. The minimum Gasteiger partial charge on any atom is -0.494 e. The van der Waals surface area contributed by atoms with Gasteiger partial charge in [-0.25, -0.2) is 13.8 Å². The highest BCUT2D eigenvalue weighted by atomic mass is 79.9. The second-order valence-corrected chi connectivity index (χ2v) is 21.4. The lowest BCUT2D eigenvalue weighted by Gasteiger charge is -2.41. The number of carbonyl (C=O) groups excluding carboxylic acids is 4. The smallest absolute Gasteiger partial charge is 0.363 e. The Kier molecular flexibility index (Phi) is 14.3. The summed E-state index contributed by atoms with van der Waals surface area (Å²) in [4.78, 5) is 67.2. The summed E-state index contributed by atoms with van der Waals surface area (Å²) in [5, 5.41) is 13.7. The van der Waals surface area contributed by atoms with Crippen molar-refractivity contribution in [2.45, 2.75) is 57.7 Å². The fourth-order valence-electron chi connectivity index (χ4n) is 9.85. The van der Waals surface area contributed by atoms with E-state index in [1.165, 1.54) is 20.3 Å². The summed E-state index contributed by atoms with van der Waals surface area (Å²) >= 11 is 3.56. The van der Waals surface area contributed by atoms with Crippen molar-refractivity contribution >= 4 is 87.0 Å². The molecule has 380 valence electrons. The van der Waals surface area contributed by atoms with Crippen molar-refractivity contribution in [1.82, 2.24) is 34.9 Å². The predicted octanol–water partition coefficient (Wildman–Crippen LogP) is 6.92. The van der Waals surface area contributed by atoms with Gasteiger partial charge in [0.1, 0.15) is 29.1 Å². The Morgan fingerprint density at radius 2 is 1.57 bits per heavy atom. The monoisotopic (exact) mass is 1070 g/mol. The first kappa shape index (κ1) is 50.6. The van der Waals surface area contributed by atoms with E-state index in [0.717, 1.165) is 38.9 Å². The number of nitrogens with one attached hydrogen (secondary N) is 3. The van der Waals surface area contributed by atoms with Crippen LogP contribution in [0, 0.1) is 19.7 Å². The number of hydrogen-bond acceptors (Lipinski definition) is 16. The molecular weight excluding hydrogens is 1020 g/mol. The van der Waals surface area contributed by atoms with E-state index < -0.39 is 48.8 Å². The molecule has 72 heavy (non-hydrogen) atoms. The number of ether oxygens (including phenoxy) is 1. The molecule has 2 aromatic heterocycles. The summed E-state index contributed by atoms with van der Waals surface area (Å²) in [6.07, 6.45) is 5.89. The van der Waals surface area contributed by atoms with Gasteiger partial charge in [0.2, 0.25) is 17.8 Å². The molecule has 5 aromatic rings. The molecule has 6 heterocycles. The summed E-state index contributed by atoms with van der Waals surface area (Å²) in [5.74, 6) is -2.27. The van der Waals surface area contributed by atoms with Gasteiger partial charge in [-0.2, -0.15) is 10.1 Å². The van der Waals surface area contributed by atoms with E-state index in [4.69, 9.17) is 18.8 Å². The molecule has 3 fully saturated rings. The number of amides is 4. The Balaban J connectivity index is 0.851. The van der Waals surface area contributed by atoms with Crippen LogP contribution in [0.5, 0.6) is 5.75 Å². The predicted molar refractivity (Wildman–Crippen MR) is 270 cm³/mol. The van der Waals surface area contributed by atoms with Crippen LogP contribution in [0.1, 0.15) is 63.9 Å². The number of alkyl halides is 1. The lowest BCUT2D eigenvalue weighted by Crippen LogP contribution is -2.54. The molecule has 3 saturated heterocycles. The number of hydrogen-bond donors (Lipinski definition) is 3. The van der Waals surface area contributed by atoms with Crippen LogP contribution < -0.4 is 35.8 Å². The molecule has 1 unspecified atom stereocenters. The first-order valence-electron chi connectivity index (χ1n) is 23.5. The summed E-state index contributed by atoms with van der Waals surface area (Å²) in [6, 6.07) is 8.84. The number of aromatic nitrogens is 4. The number of aryl methyl sites for hydroxylation is 2. The van der Waals surface area contributed by atoms with Gasteiger partial charge < -0.3 is 34.2 Å². The summed E-state index contributed by atoms with van der Waals surface area (Å²) in [6.45, 7) is 7.37. The summed E-state index contributed by atoms with van der Waals surface area (Å²) in [7, 11) is 2.46. The maximum atomic E-state index is 16.5. The van der Waals surface area contributed by atoms with Crippen LogP contribution in [0.3, 0.4) is 0 Å². The number of benzene rings is 3. The van der Waals surface area contributed by atoms with Crippen molar-refractivity contribution in [2.24, 2.45) is 7.05 Å². The number of imide groups is 2. The summed E-state index contributed by atoms with van der Waals surface area (Å²) < 4.78 is 64.9. The number of piperidine rings is 2. The highest BCUT2D eigenvalue weighted by molar-refractivity contribution is 9.10. The van der Waals surface area contributed by atoms with Gasteiger partial charge >= 0.3 is 7.60 Å². The maximum absolute atomic E-state index is 16.5. The number of carbonyl (C=O) groups is 4. The SMILES string of the molecule is COc1cc(N2CCN(CCC3(F)CCN(c4cc5c(cc4F)C(=O)N(C4CCC(=O)NC4=O)C5=O)CC3)CC2)c(-c2cnn(C)c2)cc1Nc1ncc(Br)c(Nc2ccc(C)c(C)c2P(=O)(OC)OC)n1. The first-order valence-corrected chi connectivity index (χ1v) is 25.8. The molecule has 4 aliphatic rings. The topological polar surface area (TPSA) is 206 Å². The second kappa shape index (κ2) is 20.3. The molecule has 19 nitrogen and oxygen atoms in total. The number of halogens is 3. The Labute approximate surface area is 423 Å². The zero-order valence-corrected chi connectivity index (χ0v) is 43.2. The lowest BCUT2D eigenvalue weighted by molar-refractivity contribution is -0.136. The van der Waals surface area contributed by atoms with Gasteiger partial charge in [-0.15, -0.1) is 0 Å². The van der Waals surface area contributed by atoms with Crippen LogP contribution >= 0.6 is 23.5 Å². The van der Waals surface area contributed by atoms with Crippen LogP contribution in [-0.2, 0) is 30.2 Å². The molecule has 0 radical (unpaired) electrons. The lowest BCUT2D eigenvalue weighted by atomic mass is 9.89. The molecule has 0 spiro atoms. The molecule has 0 bridgehead atoms. The average molecular weight is 1070 g/mol. The number of fused-ring (bicyclic) bond motifs is 1. The highest BCUT2D eigenvalue weighted by Gasteiger charge is 2.46. The number of nitrogens with zero attached hydrogens (tertiary/aromatic N) is 8. The van der Waals surface area contributed by atoms with E-state index in [0.29, 0.717) is 71.9 Å². The molecule has 3 N–H and O–H groups in total. The Morgan fingerprint density at radius 1 is 0.875 bits per heavy atom. The molecule has 9 rings (SSSR count). The zero-order valence-electron chi connectivity index (χ0n) is 40.7. The van der Waals surface area contributed by atoms with Gasteiger partial charge in [0.25, 0.3) is 11.8 Å². The highest BCUT2D eigenvalue weighted by Crippen LogP contribution is 2.49. The van der Waals surface area contributed by atoms with Crippen LogP contribution in [0.2, 0.25) is 0 Å². The standard InChI is InChI=1S/C49H55BrF2N11O8P/c1-28-7-8-36(43(29(28)2)72(68,70-5)71-6)55-44-34(50)26-53-48(58-44)56-37-22-31(30-25-54-59(3)27-30)39(24-41(37)69-4)62-19-17-60(18-20-62)14-11-49(52)12-15-61(16-13-49)40-23-33-32(21-35(40)51)46(66)63(47(33)67)38-9-10-42(64)57-45(38)65/h7-8,21-27,38H,9-20H2,1-6H3,(H,57,64,65)(H2,53,55,56,58). The minimum atomic E-state index is -3.67. The molecule has 0 aliphatic carbocycles. The Bertz CT molecular complexity index is 3030. The van der Waals surface area contributed by atoms with Crippen molar-refractivity contribution < 1.29 is 46.3 Å². The largest absolute Gasteiger partial charge is 0.494 e. The third-order valence-electron chi connectivity index (χ3n) is 14.1. The van der Waals surface area contributed by atoms with Crippen molar-refractivity contribution in [2.75, 3.05) is 87.6 Å². The van der Waals surface area contributed by atoms with E-state index in [-0.39, 0.29) is 61.5 Å². The molecule has 23 heteroatoms. The van der Waals surface area contributed by atoms with Gasteiger partial charge in [-0.1, -0.05) is 6.07 Å². The van der Waals surface area contributed by atoms with E-state index in [1.807, 2.05) is 45.3 Å². The first-order chi connectivity index (χ1) is 34.4. The molecule has 1 atom stereocenters. The van der Waals surface area contributed by atoms with E-state index in [2.05, 4.69) is 51.8 Å². The fourth-order valence-corrected chi connectivity index (χ4v) is 11.7. The van der Waals surface area contributed by atoms with Gasteiger partial charge in [0.15, 0.2) is 0 Å². The van der Waals surface area contributed by atoms with Crippen molar-refractivity contribution in [1.29, 1.82) is 0 Å². The molecule has 3 aromatic carbocycles. The van der Waals surface area contributed by atoms with Crippen molar-refractivity contribution in [3.05, 3.63) is 87.5 Å². The molecular formula is C49H55BrF2N11O8P. The molecule has 4 aliphatic heterocycles. The number of methoxy groups -OCH3 is 1. The second-order valence-electron chi connectivity index (χ2n) is 18.4. The Hall–Kier alpha value is -6.32. The van der Waals surface area contributed by atoms with Gasteiger partial charge in [-0.05, 0) is 90.9 Å². The Morgan fingerprint density at radius 3 is 2.22 bits per heavy atom. The van der Waals surface area contributed by atoms with Crippen LogP contribution in [0.25, 0.3) is 11.1 Å². The zero-order chi connectivity index (χ0) is 51.2. The summed E-state index contributed by atoms with van der Waals surface area (Å²) in [5.41, 5.74) is 3.90. The number of piperazine rings is 1. The fraction of sp³-hybridized carbons (Fsp3) is 0.408. The number of anilines is 6. The van der Waals surface area contributed by atoms with Crippen LogP contribution in [0.4, 0.5) is 43.3 Å². The normalized spacial score (nSPS) is 18.4. The quantitative estimate of drug-likeness (QED) is 0.0719.